The van der Waals surface area contributed by atoms with Gasteiger partial charge in [0.15, 0.2) is 0 Å². The number of piperidine rings is 1. The number of ether oxygens (including phenoxy) is 2. The summed E-state index contributed by atoms with van der Waals surface area (Å²) < 4.78 is 11.1. The highest BCUT2D eigenvalue weighted by Crippen LogP contribution is 2.34. The first kappa shape index (κ1) is 18.7. The quantitative estimate of drug-likeness (QED) is 0.776. The number of nitrogens with one attached hydrogen (secondary N) is 1. The number of benzene rings is 2. The third kappa shape index (κ3) is 4.77. The summed E-state index contributed by atoms with van der Waals surface area (Å²) in [7, 11) is 3.46. The predicted molar refractivity (Wildman–Crippen MR) is 106 cm³/mol. The van der Waals surface area contributed by atoms with Gasteiger partial charge in [-0.3, -0.25) is 4.90 Å². The second kappa shape index (κ2) is 9.60. The molecule has 0 bridgehead atoms. The lowest BCUT2D eigenvalue weighted by Crippen LogP contribution is -2.39. The van der Waals surface area contributed by atoms with Gasteiger partial charge >= 0.3 is 0 Å². The molecule has 1 N–H and O–H groups in total. The Morgan fingerprint density at radius 2 is 1.73 bits per heavy atom. The second-order valence-corrected chi connectivity index (χ2v) is 6.84. The first-order valence-electron chi connectivity index (χ1n) is 9.52. The van der Waals surface area contributed by atoms with Gasteiger partial charge in [-0.05, 0) is 49.7 Å². The summed E-state index contributed by atoms with van der Waals surface area (Å²) in [5.41, 5.74) is 2.51. The lowest BCUT2D eigenvalue weighted by molar-refractivity contribution is 0.157. The van der Waals surface area contributed by atoms with E-state index < -0.39 is 0 Å². The zero-order valence-electron chi connectivity index (χ0n) is 15.9. The van der Waals surface area contributed by atoms with E-state index in [1.807, 2.05) is 12.1 Å². The molecule has 0 aliphatic carbocycles. The van der Waals surface area contributed by atoms with Crippen molar-refractivity contribution in [2.45, 2.75) is 31.8 Å². The van der Waals surface area contributed by atoms with Gasteiger partial charge in [0, 0.05) is 18.7 Å². The van der Waals surface area contributed by atoms with Gasteiger partial charge in [-0.25, -0.2) is 0 Å². The molecule has 4 heteroatoms. The zero-order valence-corrected chi connectivity index (χ0v) is 15.9. The highest BCUT2D eigenvalue weighted by atomic mass is 16.5. The maximum atomic E-state index is 5.67. The van der Waals surface area contributed by atoms with Crippen LogP contribution in [-0.2, 0) is 6.54 Å². The number of rotatable bonds is 8. The van der Waals surface area contributed by atoms with Crippen LogP contribution in [0.1, 0.15) is 36.4 Å². The standard InChI is InChI=1S/C22H30N2O2/c1-25-19-11-12-22(26-2)20(15-19)21(24-13-7-4-8-14-24)17-23-16-18-9-5-3-6-10-18/h3,5-6,9-12,15,21,23H,4,7-8,13-14,16-17H2,1-2H3. The molecule has 1 aliphatic heterocycles. The Morgan fingerprint density at radius 1 is 0.962 bits per heavy atom. The van der Waals surface area contributed by atoms with Gasteiger partial charge in [-0.15, -0.1) is 0 Å². The molecule has 1 aliphatic rings. The summed E-state index contributed by atoms with van der Waals surface area (Å²) in [6.45, 7) is 4.03. The lowest BCUT2D eigenvalue weighted by Gasteiger charge is -2.35. The summed E-state index contributed by atoms with van der Waals surface area (Å²) in [4.78, 5) is 2.58. The summed E-state index contributed by atoms with van der Waals surface area (Å²) in [6, 6.07) is 16.9. The van der Waals surface area contributed by atoms with Crippen molar-refractivity contribution < 1.29 is 9.47 Å². The van der Waals surface area contributed by atoms with E-state index in [9.17, 15) is 0 Å². The molecular formula is C22H30N2O2. The van der Waals surface area contributed by atoms with Gasteiger partial charge in [-0.2, -0.15) is 0 Å². The monoisotopic (exact) mass is 354 g/mol. The summed E-state index contributed by atoms with van der Waals surface area (Å²) in [5.74, 6) is 1.81. The minimum Gasteiger partial charge on any atom is -0.497 e. The molecule has 0 saturated carbocycles. The third-order valence-corrected chi connectivity index (χ3v) is 5.14. The highest BCUT2D eigenvalue weighted by Gasteiger charge is 2.25. The number of methoxy groups -OCH3 is 2. The minimum absolute atomic E-state index is 0.282. The molecular weight excluding hydrogens is 324 g/mol. The van der Waals surface area contributed by atoms with Crippen molar-refractivity contribution in [3.8, 4) is 11.5 Å². The maximum Gasteiger partial charge on any atom is 0.123 e. The molecule has 0 spiro atoms. The van der Waals surface area contributed by atoms with E-state index in [2.05, 4.69) is 46.6 Å². The Balaban J connectivity index is 1.78. The normalized spacial score (nSPS) is 16.2. The van der Waals surface area contributed by atoms with E-state index in [1.54, 1.807) is 14.2 Å². The van der Waals surface area contributed by atoms with Crippen molar-refractivity contribution >= 4 is 0 Å². The van der Waals surface area contributed by atoms with Crippen molar-refractivity contribution in [1.29, 1.82) is 0 Å². The molecule has 140 valence electrons. The molecule has 0 radical (unpaired) electrons. The molecule has 3 rings (SSSR count). The molecule has 2 aromatic carbocycles. The molecule has 1 atom stereocenters. The Labute approximate surface area is 157 Å². The van der Waals surface area contributed by atoms with Crippen LogP contribution in [0.5, 0.6) is 11.5 Å². The van der Waals surface area contributed by atoms with Crippen molar-refractivity contribution in [3.05, 3.63) is 59.7 Å². The Bertz CT molecular complexity index is 669. The smallest absolute Gasteiger partial charge is 0.123 e. The average Bonchev–Trinajstić information content (AvgIpc) is 2.72. The van der Waals surface area contributed by atoms with Crippen LogP contribution in [0.4, 0.5) is 0 Å². The second-order valence-electron chi connectivity index (χ2n) is 6.84. The predicted octanol–water partition coefficient (Wildman–Crippen LogP) is 4.02. The fraction of sp³-hybridized carbons (Fsp3) is 0.455. The molecule has 1 fully saturated rings. The van der Waals surface area contributed by atoms with E-state index >= 15 is 0 Å². The summed E-state index contributed by atoms with van der Waals surface area (Å²) in [5, 5.41) is 3.65. The van der Waals surface area contributed by atoms with Gasteiger partial charge < -0.3 is 14.8 Å². The molecule has 1 heterocycles. The first-order chi connectivity index (χ1) is 12.8. The number of hydrogen-bond acceptors (Lipinski definition) is 4. The minimum atomic E-state index is 0.282. The van der Waals surface area contributed by atoms with E-state index in [1.165, 1.54) is 30.4 Å². The van der Waals surface area contributed by atoms with Crippen molar-refractivity contribution in [1.82, 2.24) is 10.2 Å². The van der Waals surface area contributed by atoms with Crippen LogP contribution in [0.25, 0.3) is 0 Å². The zero-order chi connectivity index (χ0) is 18.2. The molecule has 0 aromatic heterocycles. The van der Waals surface area contributed by atoms with Crippen LogP contribution in [0.2, 0.25) is 0 Å². The average molecular weight is 354 g/mol. The lowest BCUT2D eigenvalue weighted by atomic mass is 10.00. The number of likely N-dealkylation sites (tertiary alicyclic amines) is 1. The van der Waals surface area contributed by atoms with Crippen LogP contribution in [-0.4, -0.2) is 38.8 Å². The number of nitrogens with zero attached hydrogens (tertiary/aromatic N) is 1. The van der Waals surface area contributed by atoms with Crippen LogP contribution in [0, 0.1) is 0 Å². The Hall–Kier alpha value is -2.04. The van der Waals surface area contributed by atoms with Crippen molar-refractivity contribution in [3.63, 3.8) is 0 Å². The molecule has 0 amide bonds. The van der Waals surface area contributed by atoms with Crippen molar-refractivity contribution in [2.75, 3.05) is 33.9 Å². The van der Waals surface area contributed by atoms with E-state index in [0.717, 1.165) is 37.7 Å². The first-order valence-corrected chi connectivity index (χ1v) is 9.52. The SMILES string of the molecule is COc1ccc(OC)c(C(CNCc2ccccc2)N2CCCCC2)c1. The van der Waals surface area contributed by atoms with E-state index in [-0.39, 0.29) is 6.04 Å². The van der Waals surface area contributed by atoms with Crippen LogP contribution < -0.4 is 14.8 Å². The third-order valence-electron chi connectivity index (χ3n) is 5.14. The Kier molecular flexibility index (Phi) is 6.92. The molecule has 1 unspecified atom stereocenters. The fourth-order valence-electron chi connectivity index (χ4n) is 3.71. The van der Waals surface area contributed by atoms with Gasteiger partial charge in [-0.1, -0.05) is 36.8 Å². The summed E-state index contributed by atoms with van der Waals surface area (Å²) in [6.07, 6.45) is 3.86. The largest absolute Gasteiger partial charge is 0.497 e. The topological polar surface area (TPSA) is 33.7 Å². The van der Waals surface area contributed by atoms with Gasteiger partial charge in [0.2, 0.25) is 0 Å². The van der Waals surface area contributed by atoms with E-state index in [0.29, 0.717) is 0 Å². The summed E-state index contributed by atoms with van der Waals surface area (Å²) >= 11 is 0. The highest BCUT2D eigenvalue weighted by molar-refractivity contribution is 5.42. The van der Waals surface area contributed by atoms with Crippen molar-refractivity contribution in [2.24, 2.45) is 0 Å². The van der Waals surface area contributed by atoms with Crippen LogP contribution in [0.15, 0.2) is 48.5 Å². The van der Waals surface area contributed by atoms with Gasteiger partial charge in [0.05, 0.1) is 20.3 Å². The molecule has 1 saturated heterocycles. The Morgan fingerprint density at radius 3 is 2.42 bits per heavy atom. The molecule has 2 aromatic rings. The maximum absolute atomic E-state index is 5.67. The molecule has 4 nitrogen and oxygen atoms in total. The molecule has 26 heavy (non-hydrogen) atoms. The van der Waals surface area contributed by atoms with Gasteiger partial charge in [0.25, 0.3) is 0 Å². The van der Waals surface area contributed by atoms with E-state index in [4.69, 9.17) is 9.47 Å². The van der Waals surface area contributed by atoms with Crippen LogP contribution >= 0.6 is 0 Å². The van der Waals surface area contributed by atoms with Crippen LogP contribution in [0.3, 0.4) is 0 Å². The fourth-order valence-corrected chi connectivity index (χ4v) is 3.71. The number of hydrogen-bond donors (Lipinski definition) is 1. The van der Waals surface area contributed by atoms with Gasteiger partial charge in [0.1, 0.15) is 11.5 Å².